The fourth-order valence-electron chi connectivity index (χ4n) is 2.59. The van der Waals surface area contributed by atoms with Gasteiger partial charge in [-0.25, -0.2) is 4.39 Å². The Morgan fingerprint density at radius 2 is 1.86 bits per heavy atom. The molecule has 0 spiro atoms. The van der Waals surface area contributed by atoms with Crippen LogP contribution in [0.3, 0.4) is 0 Å². The summed E-state index contributed by atoms with van der Waals surface area (Å²) in [6.45, 7) is 0.111. The van der Waals surface area contributed by atoms with E-state index in [-0.39, 0.29) is 24.9 Å². The van der Waals surface area contributed by atoms with Crippen molar-refractivity contribution in [2.24, 2.45) is 0 Å². The molecule has 1 aliphatic rings. The fraction of sp³-hybridized carbons (Fsp3) is 0.500. The molecule has 22 heavy (non-hydrogen) atoms. The molecule has 0 radical (unpaired) electrons. The lowest BCUT2D eigenvalue weighted by atomic mass is 10.0. The second kappa shape index (κ2) is 6.59. The second-order valence-electron chi connectivity index (χ2n) is 5.26. The van der Waals surface area contributed by atoms with Crippen LogP contribution in [-0.4, -0.2) is 43.2 Å². The van der Waals surface area contributed by atoms with E-state index in [1.807, 2.05) is 33.6 Å². The molecule has 1 aromatic rings. The van der Waals surface area contributed by atoms with Crippen LogP contribution in [0.4, 0.5) is 23.2 Å². The highest BCUT2D eigenvalue weighted by atomic mass is 127. The SMILES string of the molecule is CN(c1cc(F)cc(I)c1)C1CCN(C(=O)C(F)(F)F)CC1. The minimum atomic E-state index is -4.82. The van der Waals surface area contributed by atoms with Gasteiger partial charge >= 0.3 is 12.1 Å². The first-order valence-corrected chi connectivity index (χ1v) is 7.81. The predicted molar refractivity (Wildman–Crippen MR) is 83.2 cm³/mol. The monoisotopic (exact) mass is 430 g/mol. The first kappa shape index (κ1) is 17.3. The second-order valence-corrected chi connectivity index (χ2v) is 6.51. The molecule has 1 aromatic carbocycles. The number of likely N-dealkylation sites (tertiary alicyclic amines) is 1. The van der Waals surface area contributed by atoms with E-state index in [2.05, 4.69) is 0 Å². The smallest absolute Gasteiger partial charge is 0.371 e. The average molecular weight is 430 g/mol. The normalized spacial score (nSPS) is 16.7. The molecule has 2 rings (SSSR count). The van der Waals surface area contributed by atoms with Crippen LogP contribution in [0, 0.1) is 9.39 Å². The molecule has 1 heterocycles. The third-order valence-electron chi connectivity index (χ3n) is 3.80. The number of carbonyl (C=O) groups is 1. The minimum absolute atomic E-state index is 0.0186. The lowest BCUT2D eigenvalue weighted by Gasteiger charge is -2.38. The van der Waals surface area contributed by atoms with Gasteiger partial charge in [-0.05, 0) is 53.6 Å². The molecule has 0 atom stereocenters. The van der Waals surface area contributed by atoms with Crippen molar-refractivity contribution < 1.29 is 22.4 Å². The molecule has 0 saturated carbocycles. The summed E-state index contributed by atoms with van der Waals surface area (Å²) in [5, 5.41) is 0. The van der Waals surface area contributed by atoms with Crippen molar-refractivity contribution in [2.45, 2.75) is 25.1 Å². The largest absolute Gasteiger partial charge is 0.471 e. The minimum Gasteiger partial charge on any atom is -0.371 e. The Labute approximate surface area is 139 Å². The summed E-state index contributed by atoms with van der Waals surface area (Å²) in [6.07, 6.45) is -3.98. The van der Waals surface area contributed by atoms with Gasteiger partial charge in [0.05, 0.1) is 0 Å². The number of nitrogens with zero attached hydrogens (tertiary/aromatic N) is 2. The summed E-state index contributed by atoms with van der Waals surface area (Å²) in [7, 11) is 1.79. The van der Waals surface area contributed by atoms with Gasteiger partial charge < -0.3 is 9.80 Å². The average Bonchev–Trinajstić information content (AvgIpc) is 2.44. The number of piperidine rings is 1. The summed E-state index contributed by atoms with van der Waals surface area (Å²) in [5.74, 6) is -2.13. The lowest BCUT2D eigenvalue weighted by Crippen LogP contribution is -2.49. The van der Waals surface area contributed by atoms with Gasteiger partial charge in [0.25, 0.3) is 0 Å². The van der Waals surface area contributed by atoms with Crippen molar-refractivity contribution in [1.82, 2.24) is 4.90 Å². The zero-order chi connectivity index (χ0) is 16.5. The van der Waals surface area contributed by atoms with Gasteiger partial charge in [-0.1, -0.05) is 0 Å². The summed E-state index contributed by atoms with van der Waals surface area (Å²) in [6, 6.07) is 4.60. The molecule has 0 aliphatic carbocycles. The summed E-state index contributed by atoms with van der Waals surface area (Å²) in [5.41, 5.74) is 0.685. The first-order valence-electron chi connectivity index (χ1n) is 6.73. The number of carbonyl (C=O) groups excluding carboxylic acids is 1. The number of rotatable bonds is 2. The molecule has 122 valence electrons. The summed E-state index contributed by atoms with van der Waals surface area (Å²) in [4.78, 5) is 13.9. The number of halogens is 5. The van der Waals surface area contributed by atoms with E-state index in [4.69, 9.17) is 0 Å². The number of alkyl halides is 3. The Morgan fingerprint density at radius 3 is 2.36 bits per heavy atom. The summed E-state index contributed by atoms with van der Waals surface area (Å²) >= 11 is 2.01. The number of hydrogen-bond acceptors (Lipinski definition) is 2. The molecule has 1 fully saturated rings. The highest BCUT2D eigenvalue weighted by Crippen LogP contribution is 2.27. The third-order valence-corrected chi connectivity index (χ3v) is 4.42. The predicted octanol–water partition coefficient (Wildman–Crippen LogP) is 3.42. The molecule has 0 bridgehead atoms. The van der Waals surface area contributed by atoms with Crippen LogP contribution in [0.15, 0.2) is 18.2 Å². The molecular weight excluding hydrogens is 415 g/mol. The van der Waals surface area contributed by atoms with Crippen LogP contribution < -0.4 is 4.90 Å². The summed E-state index contributed by atoms with van der Waals surface area (Å²) < 4.78 is 51.4. The lowest BCUT2D eigenvalue weighted by molar-refractivity contribution is -0.186. The van der Waals surface area contributed by atoms with E-state index in [0.717, 1.165) is 8.47 Å². The van der Waals surface area contributed by atoms with Gasteiger partial charge in [-0.3, -0.25) is 4.79 Å². The first-order chi connectivity index (χ1) is 10.2. The van der Waals surface area contributed by atoms with E-state index in [1.165, 1.54) is 12.1 Å². The van der Waals surface area contributed by atoms with E-state index in [1.54, 1.807) is 7.05 Å². The molecule has 1 amide bonds. The highest BCUT2D eigenvalue weighted by molar-refractivity contribution is 14.1. The standard InChI is InChI=1S/C14H15F4IN2O/c1-20(12-7-9(15)6-10(19)8-12)11-2-4-21(5-3-11)13(22)14(16,17)18/h6-8,11H,2-5H2,1H3. The van der Waals surface area contributed by atoms with Crippen molar-refractivity contribution in [3.05, 3.63) is 27.6 Å². The van der Waals surface area contributed by atoms with Crippen molar-refractivity contribution in [1.29, 1.82) is 0 Å². The molecule has 1 aliphatic heterocycles. The van der Waals surface area contributed by atoms with Crippen LogP contribution in [-0.2, 0) is 4.79 Å². The van der Waals surface area contributed by atoms with E-state index in [9.17, 15) is 22.4 Å². The maximum absolute atomic E-state index is 13.4. The molecule has 0 unspecified atom stereocenters. The van der Waals surface area contributed by atoms with Crippen molar-refractivity contribution in [3.63, 3.8) is 0 Å². The molecular formula is C14H15F4IN2O. The molecule has 1 saturated heterocycles. The van der Waals surface area contributed by atoms with E-state index < -0.39 is 12.1 Å². The van der Waals surface area contributed by atoms with Crippen LogP contribution in [0.1, 0.15) is 12.8 Å². The van der Waals surface area contributed by atoms with Crippen LogP contribution >= 0.6 is 22.6 Å². The van der Waals surface area contributed by atoms with Gasteiger partial charge in [-0.2, -0.15) is 13.2 Å². The van der Waals surface area contributed by atoms with Gasteiger partial charge in [0, 0.05) is 35.4 Å². The number of hydrogen-bond donors (Lipinski definition) is 0. The maximum Gasteiger partial charge on any atom is 0.471 e. The van der Waals surface area contributed by atoms with Crippen LogP contribution in [0.25, 0.3) is 0 Å². The Bertz CT molecular complexity index is 536. The topological polar surface area (TPSA) is 23.6 Å². The van der Waals surface area contributed by atoms with Crippen molar-refractivity contribution in [3.8, 4) is 0 Å². The third kappa shape index (κ3) is 4.02. The number of anilines is 1. The van der Waals surface area contributed by atoms with E-state index >= 15 is 0 Å². The van der Waals surface area contributed by atoms with Crippen LogP contribution in [0.2, 0.25) is 0 Å². The van der Waals surface area contributed by atoms with Gasteiger partial charge in [-0.15, -0.1) is 0 Å². The Kier molecular flexibility index (Phi) is 5.18. The Hall–Kier alpha value is -1.06. The number of amides is 1. The van der Waals surface area contributed by atoms with Gasteiger partial charge in [0.1, 0.15) is 5.82 Å². The van der Waals surface area contributed by atoms with Gasteiger partial charge in [0.2, 0.25) is 0 Å². The maximum atomic E-state index is 13.4. The highest BCUT2D eigenvalue weighted by Gasteiger charge is 2.43. The molecule has 0 aromatic heterocycles. The van der Waals surface area contributed by atoms with Crippen molar-refractivity contribution in [2.75, 3.05) is 25.0 Å². The molecule has 3 nitrogen and oxygen atoms in total. The van der Waals surface area contributed by atoms with Gasteiger partial charge in [0.15, 0.2) is 0 Å². The zero-order valence-electron chi connectivity index (χ0n) is 11.8. The number of benzene rings is 1. The quantitative estimate of drug-likeness (QED) is 0.531. The Balaban J connectivity index is 2.00. The van der Waals surface area contributed by atoms with Crippen molar-refractivity contribution >= 4 is 34.2 Å². The molecule has 0 N–H and O–H groups in total. The zero-order valence-corrected chi connectivity index (χ0v) is 14.0. The van der Waals surface area contributed by atoms with E-state index in [0.29, 0.717) is 18.5 Å². The van der Waals surface area contributed by atoms with Crippen LogP contribution in [0.5, 0.6) is 0 Å². The fourth-order valence-corrected chi connectivity index (χ4v) is 3.21. The Morgan fingerprint density at radius 1 is 1.27 bits per heavy atom. The molecule has 8 heteroatoms.